The highest BCUT2D eigenvalue weighted by Crippen LogP contribution is 2.24. The Hall–Kier alpha value is -2.63. The molecule has 2 amide bonds. The van der Waals surface area contributed by atoms with E-state index in [2.05, 4.69) is 15.5 Å². The predicted molar refractivity (Wildman–Crippen MR) is 88.7 cm³/mol. The molecule has 2 aromatic rings. The number of fused-ring (bicyclic) bond motifs is 1. The van der Waals surface area contributed by atoms with Gasteiger partial charge in [0.15, 0.2) is 5.69 Å². The molecule has 24 heavy (non-hydrogen) atoms. The second-order valence-corrected chi connectivity index (χ2v) is 6.62. The zero-order chi connectivity index (χ0) is 16.7. The van der Waals surface area contributed by atoms with Crippen molar-refractivity contribution < 1.29 is 9.59 Å². The molecule has 2 N–H and O–H groups in total. The Morgan fingerprint density at radius 3 is 2.71 bits per heavy atom. The lowest BCUT2D eigenvalue weighted by Crippen LogP contribution is -2.37. The van der Waals surface area contributed by atoms with E-state index in [1.54, 1.807) is 4.90 Å². The first-order chi connectivity index (χ1) is 11.6. The van der Waals surface area contributed by atoms with Crippen molar-refractivity contribution >= 4 is 11.8 Å². The average Bonchev–Trinajstić information content (AvgIpc) is 3.30. The Labute approximate surface area is 140 Å². The van der Waals surface area contributed by atoms with Crippen LogP contribution in [0.5, 0.6) is 0 Å². The van der Waals surface area contributed by atoms with Gasteiger partial charge in [0.25, 0.3) is 11.8 Å². The Morgan fingerprint density at radius 1 is 1.25 bits per heavy atom. The number of aryl methyl sites for hydroxylation is 1. The molecule has 1 aliphatic carbocycles. The van der Waals surface area contributed by atoms with Crippen LogP contribution in [0.1, 0.15) is 50.5 Å². The highest BCUT2D eigenvalue weighted by atomic mass is 16.2. The predicted octanol–water partition coefficient (Wildman–Crippen LogP) is 1.81. The number of benzene rings is 1. The van der Waals surface area contributed by atoms with Crippen LogP contribution in [-0.4, -0.2) is 39.5 Å². The molecule has 1 aromatic heterocycles. The molecule has 4 rings (SSSR count). The topological polar surface area (TPSA) is 78.1 Å². The molecule has 6 nitrogen and oxygen atoms in total. The molecule has 1 saturated carbocycles. The van der Waals surface area contributed by atoms with E-state index in [-0.39, 0.29) is 11.8 Å². The number of aromatic nitrogens is 2. The van der Waals surface area contributed by atoms with Crippen molar-refractivity contribution in [3.8, 4) is 0 Å². The summed E-state index contributed by atoms with van der Waals surface area (Å²) < 4.78 is 0. The minimum Gasteiger partial charge on any atom is -0.348 e. The van der Waals surface area contributed by atoms with Gasteiger partial charge >= 0.3 is 0 Å². The van der Waals surface area contributed by atoms with Gasteiger partial charge in [-0.3, -0.25) is 14.7 Å². The van der Waals surface area contributed by atoms with Crippen molar-refractivity contribution in [2.45, 2.75) is 38.8 Å². The SMILES string of the molecule is Cc1ccc(C(=O)N2CCc3[nH]nc(C(=O)NC4CC4)c3C2)cc1. The van der Waals surface area contributed by atoms with Gasteiger partial charge in [-0.25, -0.2) is 0 Å². The Morgan fingerprint density at radius 2 is 2.00 bits per heavy atom. The number of rotatable bonds is 3. The molecule has 2 heterocycles. The minimum absolute atomic E-state index is 0.00426. The summed E-state index contributed by atoms with van der Waals surface area (Å²) >= 11 is 0. The summed E-state index contributed by atoms with van der Waals surface area (Å²) in [5.41, 5.74) is 4.04. The fraction of sp³-hybridized carbons (Fsp3) is 0.389. The second-order valence-electron chi connectivity index (χ2n) is 6.62. The summed E-state index contributed by atoms with van der Waals surface area (Å²) in [5.74, 6) is -0.143. The summed E-state index contributed by atoms with van der Waals surface area (Å²) in [5, 5.41) is 10.1. The average molecular weight is 324 g/mol. The molecule has 124 valence electrons. The van der Waals surface area contributed by atoms with Crippen LogP contribution < -0.4 is 5.32 Å². The minimum atomic E-state index is -0.139. The standard InChI is InChI=1S/C18H20N4O2/c1-11-2-4-12(5-3-11)18(24)22-9-8-15-14(10-22)16(21-20-15)17(23)19-13-6-7-13/h2-5,13H,6-10H2,1H3,(H,19,23)(H,20,21). The van der Waals surface area contributed by atoms with Gasteiger partial charge in [-0.15, -0.1) is 0 Å². The third-order valence-corrected chi connectivity index (χ3v) is 4.65. The first-order valence-corrected chi connectivity index (χ1v) is 8.35. The van der Waals surface area contributed by atoms with Crippen molar-refractivity contribution in [2.24, 2.45) is 0 Å². The summed E-state index contributed by atoms with van der Waals surface area (Å²) in [6.45, 7) is 3.05. The lowest BCUT2D eigenvalue weighted by molar-refractivity contribution is 0.0731. The molecule has 1 aliphatic heterocycles. The number of nitrogens with one attached hydrogen (secondary N) is 2. The quantitative estimate of drug-likeness (QED) is 0.904. The monoisotopic (exact) mass is 324 g/mol. The summed E-state index contributed by atoms with van der Waals surface area (Å²) in [6, 6.07) is 7.87. The number of hydrogen-bond acceptors (Lipinski definition) is 3. The maximum Gasteiger partial charge on any atom is 0.272 e. The van der Waals surface area contributed by atoms with Crippen LogP contribution in [0.2, 0.25) is 0 Å². The van der Waals surface area contributed by atoms with Crippen LogP contribution >= 0.6 is 0 Å². The van der Waals surface area contributed by atoms with Gasteiger partial charge in [-0.2, -0.15) is 5.10 Å². The van der Waals surface area contributed by atoms with E-state index in [9.17, 15) is 9.59 Å². The summed E-state index contributed by atoms with van der Waals surface area (Å²) in [7, 11) is 0. The molecule has 0 saturated heterocycles. The van der Waals surface area contributed by atoms with Gasteiger partial charge in [0.1, 0.15) is 0 Å². The number of nitrogens with zero attached hydrogens (tertiary/aromatic N) is 2. The number of carbonyl (C=O) groups is 2. The summed E-state index contributed by atoms with van der Waals surface area (Å²) in [6.07, 6.45) is 2.77. The normalized spacial score (nSPS) is 16.6. The Balaban J connectivity index is 1.54. The van der Waals surface area contributed by atoms with Gasteiger partial charge in [0, 0.05) is 35.8 Å². The smallest absolute Gasteiger partial charge is 0.272 e. The van der Waals surface area contributed by atoms with E-state index in [4.69, 9.17) is 0 Å². The first-order valence-electron chi connectivity index (χ1n) is 8.35. The zero-order valence-corrected chi connectivity index (χ0v) is 13.6. The van der Waals surface area contributed by atoms with E-state index >= 15 is 0 Å². The lowest BCUT2D eigenvalue weighted by atomic mass is 10.0. The van der Waals surface area contributed by atoms with E-state index < -0.39 is 0 Å². The second kappa shape index (κ2) is 5.78. The molecule has 1 fully saturated rings. The van der Waals surface area contributed by atoms with E-state index in [0.29, 0.717) is 36.8 Å². The molecule has 0 unspecified atom stereocenters. The largest absolute Gasteiger partial charge is 0.348 e. The van der Waals surface area contributed by atoms with Crippen molar-refractivity contribution in [2.75, 3.05) is 6.54 Å². The van der Waals surface area contributed by atoms with Crippen LogP contribution in [0.3, 0.4) is 0 Å². The van der Waals surface area contributed by atoms with Crippen LogP contribution in [0.15, 0.2) is 24.3 Å². The molecule has 1 aromatic carbocycles. The molecule has 0 spiro atoms. The van der Waals surface area contributed by atoms with Crippen LogP contribution in [0.25, 0.3) is 0 Å². The maximum absolute atomic E-state index is 12.7. The molecule has 0 bridgehead atoms. The van der Waals surface area contributed by atoms with Crippen molar-refractivity contribution in [1.29, 1.82) is 0 Å². The van der Waals surface area contributed by atoms with Gasteiger partial charge in [0.05, 0.1) is 6.54 Å². The third kappa shape index (κ3) is 2.79. The first kappa shape index (κ1) is 14.9. The van der Waals surface area contributed by atoms with Crippen LogP contribution in [0, 0.1) is 6.92 Å². The van der Waals surface area contributed by atoms with Crippen LogP contribution in [0.4, 0.5) is 0 Å². The maximum atomic E-state index is 12.7. The van der Waals surface area contributed by atoms with E-state index in [1.807, 2.05) is 31.2 Å². The van der Waals surface area contributed by atoms with Gasteiger partial charge < -0.3 is 10.2 Å². The number of H-pyrrole nitrogens is 1. The van der Waals surface area contributed by atoms with Gasteiger partial charge in [-0.05, 0) is 31.9 Å². The third-order valence-electron chi connectivity index (χ3n) is 4.65. The molecular formula is C18H20N4O2. The molecule has 0 atom stereocenters. The Bertz CT molecular complexity index is 790. The molecular weight excluding hydrogens is 304 g/mol. The highest BCUT2D eigenvalue weighted by Gasteiger charge is 2.30. The van der Waals surface area contributed by atoms with Crippen molar-refractivity contribution in [3.63, 3.8) is 0 Å². The van der Waals surface area contributed by atoms with Gasteiger partial charge in [0.2, 0.25) is 0 Å². The zero-order valence-electron chi connectivity index (χ0n) is 13.6. The highest BCUT2D eigenvalue weighted by molar-refractivity contribution is 5.96. The van der Waals surface area contributed by atoms with Crippen LogP contribution in [-0.2, 0) is 13.0 Å². The summed E-state index contributed by atoms with van der Waals surface area (Å²) in [4.78, 5) is 26.8. The fourth-order valence-corrected chi connectivity index (χ4v) is 3.02. The number of hydrogen-bond donors (Lipinski definition) is 2. The molecule has 6 heteroatoms. The number of aromatic amines is 1. The van der Waals surface area contributed by atoms with Crippen molar-refractivity contribution in [1.82, 2.24) is 20.4 Å². The van der Waals surface area contributed by atoms with E-state index in [1.165, 1.54) is 0 Å². The number of carbonyl (C=O) groups excluding carboxylic acids is 2. The Kier molecular flexibility index (Phi) is 3.59. The van der Waals surface area contributed by atoms with Gasteiger partial charge in [-0.1, -0.05) is 17.7 Å². The van der Waals surface area contributed by atoms with Crippen molar-refractivity contribution in [3.05, 3.63) is 52.3 Å². The van der Waals surface area contributed by atoms with E-state index in [0.717, 1.165) is 29.7 Å². The lowest BCUT2D eigenvalue weighted by Gasteiger charge is -2.27. The molecule has 2 aliphatic rings. The number of amides is 2. The molecule has 0 radical (unpaired) electrons. The fourth-order valence-electron chi connectivity index (χ4n) is 3.02.